The molecule has 0 saturated heterocycles. The zero-order valence-electron chi connectivity index (χ0n) is 7.02. The largest absolute Gasteiger partial charge is 1.00 e. The predicted octanol–water partition coefficient (Wildman–Crippen LogP) is -2.43. The Morgan fingerprint density at radius 2 is 2.10 bits per heavy atom. The summed E-state index contributed by atoms with van der Waals surface area (Å²) >= 11 is 0. The minimum Gasteiger partial charge on any atom is -0.550 e. The Balaban J connectivity index is 0. The third-order valence-electron chi connectivity index (χ3n) is 1.54. The van der Waals surface area contributed by atoms with E-state index >= 15 is 0 Å². The Kier molecular flexibility index (Phi) is 9.92. The number of carbonyl (C=O) groups is 1. The molecule has 0 aliphatic heterocycles. The van der Waals surface area contributed by atoms with Gasteiger partial charge in [-0.15, -0.1) is 0 Å². The van der Waals surface area contributed by atoms with Crippen molar-refractivity contribution in [2.75, 3.05) is 0 Å². The van der Waals surface area contributed by atoms with Crippen molar-refractivity contribution in [3.63, 3.8) is 0 Å². The molecule has 10 heavy (non-hydrogen) atoms. The van der Waals surface area contributed by atoms with E-state index in [1.54, 1.807) is 0 Å². The number of carbonyl (C=O) groups excluding carboxylic acids is 1. The van der Waals surface area contributed by atoms with Crippen molar-refractivity contribution >= 4 is 5.97 Å². The SMILES string of the molecule is CCC(C)CCC(=O)[O-].[Na+]. The molecule has 0 aromatic rings. The zero-order valence-corrected chi connectivity index (χ0v) is 9.02. The van der Waals surface area contributed by atoms with Crippen LogP contribution in [0.4, 0.5) is 0 Å². The van der Waals surface area contributed by atoms with Gasteiger partial charge in [0.2, 0.25) is 0 Å². The van der Waals surface area contributed by atoms with Crippen LogP contribution in [0.25, 0.3) is 0 Å². The molecule has 0 aromatic heterocycles. The maximum Gasteiger partial charge on any atom is 1.00 e. The first-order chi connectivity index (χ1) is 4.16. The average molecular weight is 152 g/mol. The molecule has 0 amide bonds. The van der Waals surface area contributed by atoms with Crippen LogP contribution in [0.3, 0.4) is 0 Å². The van der Waals surface area contributed by atoms with Crippen LogP contribution in [0.1, 0.15) is 33.1 Å². The summed E-state index contributed by atoms with van der Waals surface area (Å²) in [7, 11) is 0. The molecule has 3 heteroatoms. The minimum absolute atomic E-state index is 0. The van der Waals surface area contributed by atoms with Gasteiger partial charge in [-0.05, 0) is 18.8 Å². The Hall–Kier alpha value is 0.470. The van der Waals surface area contributed by atoms with Gasteiger partial charge in [-0.25, -0.2) is 0 Å². The average Bonchev–Trinajstić information content (AvgIpc) is 1.83. The molecule has 54 valence electrons. The summed E-state index contributed by atoms with van der Waals surface area (Å²) in [5.41, 5.74) is 0. The Bertz CT molecular complexity index is 93.6. The van der Waals surface area contributed by atoms with Crippen molar-refractivity contribution in [1.29, 1.82) is 0 Å². The van der Waals surface area contributed by atoms with Crippen LogP contribution in [-0.2, 0) is 4.79 Å². The summed E-state index contributed by atoms with van der Waals surface area (Å²) in [6, 6.07) is 0. The molecule has 0 rings (SSSR count). The van der Waals surface area contributed by atoms with Gasteiger partial charge in [0.15, 0.2) is 0 Å². The van der Waals surface area contributed by atoms with Gasteiger partial charge in [0.05, 0.1) is 0 Å². The van der Waals surface area contributed by atoms with Crippen molar-refractivity contribution in [2.24, 2.45) is 5.92 Å². The van der Waals surface area contributed by atoms with Crippen LogP contribution in [0.15, 0.2) is 0 Å². The number of carboxylic acids is 1. The molecule has 1 unspecified atom stereocenters. The fourth-order valence-corrected chi connectivity index (χ4v) is 0.568. The molecule has 0 aliphatic rings. The fourth-order valence-electron chi connectivity index (χ4n) is 0.568. The quantitative estimate of drug-likeness (QED) is 0.420. The van der Waals surface area contributed by atoms with Gasteiger partial charge in [0.1, 0.15) is 0 Å². The van der Waals surface area contributed by atoms with Gasteiger partial charge in [0.25, 0.3) is 0 Å². The number of hydrogen-bond acceptors (Lipinski definition) is 2. The van der Waals surface area contributed by atoms with Crippen LogP contribution in [-0.4, -0.2) is 5.97 Å². The zero-order chi connectivity index (χ0) is 7.28. The van der Waals surface area contributed by atoms with Crippen LogP contribution < -0.4 is 34.7 Å². The van der Waals surface area contributed by atoms with E-state index in [-0.39, 0.29) is 36.0 Å². The topological polar surface area (TPSA) is 40.1 Å². The van der Waals surface area contributed by atoms with E-state index in [4.69, 9.17) is 0 Å². The number of carboxylic acid groups (broad SMARTS) is 1. The molecular formula is C7H13NaO2. The Morgan fingerprint density at radius 1 is 1.60 bits per heavy atom. The molecule has 0 N–H and O–H groups in total. The van der Waals surface area contributed by atoms with Crippen molar-refractivity contribution in [3.8, 4) is 0 Å². The number of aliphatic carboxylic acids is 1. The van der Waals surface area contributed by atoms with Gasteiger partial charge in [-0.3, -0.25) is 0 Å². The van der Waals surface area contributed by atoms with E-state index in [1.165, 1.54) is 0 Å². The van der Waals surface area contributed by atoms with Crippen LogP contribution in [0.2, 0.25) is 0 Å². The minimum atomic E-state index is -0.935. The molecule has 0 radical (unpaired) electrons. The van der Waals surface area contributed by atoms with Crippen molar-refractivity contribution in [1.82, 2.24) is 0 Å². The summed E-state index contributed by atoms with van der Waals surface area (Å²) in [6.45, 7) is 4.10. The standard InChI is InChI=1S/C7H14O2.Na/c1-3-6(2)4-5-7(8)9;/h6H,3-5H2,1-2H3,(H,8,9);/q;+1/p-1. The maximum absolute atomic E-state index is 9.91. The van der Waals surface area contributed by atoms with E-state index < -0.39 is 5.97 Å². The Morgan fingerprint density at radius 3 is 2.40 bits per heavy atom. The molecule has 0 fully saturated rings. The van der Waals surface area contributed by atoms with Gasteiger partial charge in [-0.2, -0.15) is 0 Å². The third-order valence-corrected chi connectivity index (χ3v) is 1.54. The van der Waals surface area contributed by atoms with E-state index in [1.807, 2.05) is 6.92 Å². The van der Waals surface area contributed by atoms with E-state index in [0.717, 1.165) is 12.8 Å². The third kappa shape index (κ3) is 8.47. The second kappa shape index (κ2) is 7.58. The second-order valence-electron chi connectivity index (χ2n) is 2.42. The van der Waals surface area contributed by atoms with Crippen LogP contribution in [0.5, 0.6) is 0 Å². The summed E-state index contributed by atoms with van der Waals surface area (Å²) in [6.07, 6.45) is 2.00. The number of rotatable bonds is 4. The normalized spacial score (nSPS) is 11.8. The first kappa shape index (κ1) is 13.1. The first-order valence-electron chi connectivity index (χ1n) is 3.36. The maximum atomic E-state index is 9.91. The molecule has 0 saturated carbocycles. The molecular weight excluding hydrogens is 139 g/mol. The van der Waals surface area contributed by atoms with E-state index in [2.05, 4.69) is 6.92 Å². The van der Waals surface area contributed by atoms with Crippen LogP contribution in [0, 0.1) is 5.92 Å². The molecule has 0 heterocycles. The second-order valence-corrected chi connectivity index (χ2v) is 2.42. The first-order valence-corrected chi connectivity index (χ1v) is 3.36. The van der Waals surface area contributed by atoms with Crippen LogP contribution >= 0.6 is 0 Å². The molecule has 0 spiro atoms. The summed E-state index contributed by atoms with van der Waals surface area (Å²) in [5, 5.41) is 9.91. The predicted molar refractivity (Wildman–Crippen MR) is 33.7 cm³/mol. The summed E-state index contributed by atoms with van der Waals surface area (Å²) < 4.78 is 0. The molecule has 0 aliphatic carbocycles. The molecule has 2 nitrogen and oxygen atoms in total. The monoisotopic (exact) mass is 152 g/mol. The molecule has 0 bridgehead atoms. The van der Waals surface area contributed by atoms with E-state index in [9.17, 15) is 9.90 Å². The smallest absolute Gasteiger partial charge is 0.550 e. The van der Waals surface area contributed by atoms with Gasteiger partial charge in [-0.1, -0.05) is 20.3 Å². The van der Waals surface area contributed by atoms with Gasteiger partial charge in [0, 0.05) is 5.97 Å². The van der Waals surface area contributed by atoms with E-state index in [0.29, 0.717) is 5.92 Å². The van der Waals surface area contributed by atoms with Crippen molar-refractivity contribution in [3.05, 3.63) is 0 Å². The summed E-state index contributed by atoms with van der Waals surface area (Å²) in [4.78, 5) is 9.91. The van der Waals surface area contributed by atoms with Gasteiger partial charge >= 0.3 is 29.6 Å². The van der Waals surface area contributed by atoms with Crippen molar-refractivity contribution in [2.45, 2.75) is 33.1 Å². The Labute approximate surface area is 84.3 Å². The molecule has 0 aromatic carbocycles. The summed E-state index contributed by atoms with van der Waals surface area (Å²) in [5.74, 6) is -0.418. The van der Waals surface area contributed by atoms with Gasteiger partial charge < -0.3 is 9.90 Å². The molecule has 1 atom stereocenters. The van der Waals surface area contributed by atoms with Crippen molar-refractivity contribution < 1.29 is 39.5 Å². The number of hydrogen-bond donors (Lipinski definition) is 0. The fraction of sp³-hybridized carbons (Fsp3) is 0.857.